The average Bonchev–Trinajstić information content (AvgIpc) is 2.83. The van der Waals surface area contributed by atoms with E-state index in [0.717, 1.165) is 0 Å². The van der Waals surface area contributed by atoms with E-state index in [1.165, 1.54) is 0 Å². The highest BCUT2D eigenvalue weighted by Crippen LogP contribution is 2.66. The molecule has 0 bridgehead atoms. The largest absolute Gasteiger partial charge is 0.460 e. The quantitative estimate of drug-likeness (QED) is 0.121. The van der Waals surface area contributed by atoms with Crippen molar-refractivity contribution in [1.82, 2.24) is 0 Å². The number of alkyl halides is 21. The summed E-state index contributed by atoms with van der Waals surface area (Å²) >= 11 is 0. The molecular formula is C18H17F21O4. The van der Waals surface area contributed by atoms with Crippen molar-refractivity contribution in [1.29, 1.82) is 0 Å². The van der Waals surface area contributed by atoms with Gasteiger partial charge in [-0.15, -0.1) is 0 Å². The number of hydrogen-bond donors (Lipinski definition) is 1. The van der Waals surface area contributed by atoms with Crippen LogP contribution in [0.3, 0.4) is 0 Å². The van der Waals surface area contributed by atoms with Gasteiger partial charge in [0.15, 0.2) is 0 Å². The molecule has 0 spiro atoms. The van der Waals surface area contributed by atoms with Crippen molar-refractivity contribution < 1.29 is 112 Å². The predicted octanol–water partition coefficient (Wildman–Crippen LogP) is 6.70. The normalized spacial score (nSPS) is 15.8. The van der Waals surface area contributed by atoms with Crippen LogP contribution in [0.5, 0.6) is 0 Å². The molecule has 0 saturated carbocycles. The van der Waals surface area contributed by atoms with Crippen molar-refractivity contribution in [2.24, 2.45) is 0 Å². The summed E-state index contributed by atoms with van der Waals surface area (Å²) in [5, 5.41) is 8.40. The lowest BCUT2D eigenvalue weighted by atomic mass is 9.86. The van der Waals surface area contributed by atoms with Gasteiger partial charge in [0.05, 0.1) is 46.2 Å². The first-order valence-corrected chi connectivity index (χ1v) is 10.6. The van der Waals surface area contributed by atoms with Crippen LogP contribution >= 0.6 is 0 Å². The Bertz CT molecular complexity index is 886. The summed E-state index contributed by atoms with van der Waals surface area (Å²) < 4.78 is 293. The third kappa shape index (κ3) is 6.97. The van der Waals surface area contributed by atoms with E-state index in [9.17, 15) is 92.2 Å². The van der Waals surface area contributed by atoms with Crippen molar-refractivity contribution >= 4 is 0 Å². The zero-order chi connectivity index (χ0) is 34.8. The van der Waals surface area contributed by atoms with Gasteiger partial charge in [0.25, 0.3) is 0 Å². The van der Waals surface area contributed by atoms with E-state index in [2.05, 4.69) is 14.2 Å². The maximum Gasteiger partial charge on any atom is 0.460 e. The van der Waals surface area contributed by atoms with Crippen molar-refractivity contribution in [2.75, 3.05) is 46.2 Å². The molecule has 0 rings (SSSR count). The molecule has 25 heteroatoms. The lowest BCUT2D eigenvalue weighted by Crippen LogP contribution is -2.76. The maximum absolute atomic E-state index is 13.8. The number of aliphatic hydroxyl groups is 1. The van der Waals surface area contributed by atoms with Crippen molar-refractivity contribution in [2.45, 2.75) is 65.9 Å². The van der Waals surface area contributed by atoms with Gasteiger partial charge in [-0.3, -0.25) is 0 Å². The van der Waals surface area contributed by atoms with E-state index in [-0.39, 0.29) is 19.8 Å². The van der Waals surface area contributed by atoms with Gasteiger partial charge in [-0.25, -0.2) is 0 Å². The summed E-state index contributed by atoms with van der Waals surface area (Å²) in [6.45, 7) is -4.20. The standard InChI is InChI=1S/C18H17F21O4/c19-9(20,1-3-41-5-7-43-8-6-42-4-2-40)10(21,22)11(23,24)12(25,26)13(27,28)14(29,30)15(31,32)16(33,34)17(35,36)18(37,38)39/h40H,1-8H2. The van der Waals surface area contributed by atoms with E-state index in [4.69, 9.17) is 5.11 Å². The predicted molar refractivity (Wildman–Crippen MR) is 94.7 cm³/mol. The minimum Gasteiger partial charge on any atom is -0.394 e. The number of aliphatic hydroxyl groups excluding tert-OH is 1. The van der Waals surface area contributed by atoms with Crippen LogP contribution in [0, 0.1) is 0 Å². The molecule has 0 heterocycles. The van der Waals surface area contributed by atoms with Crippen LogP contribution in [0.15, 0.2) is 0 Å². The summed E-state index contributed by atoms with van der Waals surface area (Å²) in [6.07, 6.45) is -10.9. The Morgan fingerprint density at radius 3 is 0.884 bits per heavy atom. The van der Waals surface area contributed by atoms with E-state index in [1.54, 1.807) is 0 Å². The van der Waals surface area contributed by atoms with Gasteiger partial charge in [-0.2, -0.15) is 92.2 Å². The first-order valence-electron chi connectivity index (χ1n) is 10.6. The first kappa shape index (κ1) is 41.4. The van der Waals surface area contributed by atoms with E-state index in [1.807, 2.05) is 0 Å². The second kappa shape index (κ2) is 13.0. The first-order chi connectivity index (χ1) is 18.8. The molecule has 0 saturated heterocycles. The lowest BCUT2D eigenvalue weighted by Gasteiger charge is -2.44. The van der Waals surface area contributed by atoms with Crippen LogP contribution < -0.4 is 0 Å². The number of hydrogen-bond acceptors (Lipinski definition) is 4. The molecule has 0 aliphatic rings. The zero-order valence-corrected chi connectivity index (χ0v) is 20.3. The lowest BCUT2D eigenvalue weighted by molar-refractivity contribution is -0.474. The van der Waals surface area contributed by atoms with Crippen LogP contribution in [0.4, 0.5) is 92.2 Å². The second-order valence-electron chi connectivity index (χ2n) is 8.11. The second-order valence-corrected chi connectivity index (χ2v) is 8.11. The van der Waals surface area contributed by atoms with Gasteiger partial charge in [0, 0.05) is 6.42 Å². The van der Waals surface area contributed by atoms with Gasteiger partial charge in [0.1, 0.15) is 0 Å². The van der Waals surface area contributed by atoms with Gasteiger partial charge in [-0.1, -0.05) is 0 Å². The highest BCUT2D eigenvalue weighted by atomic mass is 19.4. The molecule has 0 aliphatic carbocycles. The van der Waals surface area contributed by atoms with Crippen molar-refractivity contribution in [3.63, 3.8) is 0 Å². The monoisotopic (exact) mass is 696 g/mol. The summed E-state index contributed by atoms with van der Waals surface area (Å²) in [4.78, 5) is 0. The molecule has 0 radical (unpaired) electrons. The highest BCUT2D eigenvalue weighted by molar-refractivity contribution is 5.17. The maximum atomic E-state index is 13.8. The molecular weight excluding hydrogens is 679 g/mol. The van der Waals surface area contributed by atoms with Gasteiger partial charge in [0.2, 0.25) is 0 Å². The minimum atomic E-state index is -9.19. The van der Waals surface area contributed by atoms with Crippen molar-refractivity contribution in [3.05, 3.63) is 0 Å². The molecule has 0 aliphatic heterocycles. The molecule has 1 N–H and O–H groups in total. The molecule has 43 heavy (non-hydrogen) atoms. The number of halogens is 21. The van der Waals surface area contributed by atoms with Crippen LogP contribution in [0.25, 0.3) is 0 Å². The molecule has 0 aromatic rings. The molecule has 0 aromatic heterocycles. The number of ether oxygens (including phenoxy) is 3. The minimum absolute atomic E-state index is 0.140. The van der Waals surface area contributed by atoms with Gasteiger partial charge < -0.3 is 19.3 Å². The smallest absolute Gasteiger partial charge is 0.394 e. The van der Waals surface area contributed by atoms with E-state index < -0.39 is 92.3 Å². The fourth-order valence-electron chi connectivity index (χ4n) is 2.55. The van der Waals surface area contributed by atoms with E-state index >= 15 is 0 Å². The van der Waals surface area contributed by atoms with Gasteiger partial charge >= 0.3 is 59.5 Å². The summed E-state index contributed by atoms with van der Waals surface area (Å²) in [5.74, 6) is -77.1. The molecule has 0 fully saturated rings. The number of rotatable bonds is 19. The fourth-order valence-corrected chi connectivity index (χ4v) is 2.55. The third-order valence-electron chi connectivity index (χ3n) is 5.12. The zero-order valence-electron chi connectivity index (χ0n) is 20.3. The Hall–Kier alpha value is -1.63. The van der Waals surface area contributed by atoms with Crippen LogP contribution in [0.2, 0.25) is 0 Å². The summed E-state index contributed by atoms with van der Waals surface area (Å²) in [5.41, 5.74) is 0. The Morgan fingerprint density at radius 1 is 0.326 bits per heavy atom. The Balaban J connectivity index is 6.08. The Morgan fingerprint density at radius 2 is 0.581 bits per heavy atom. The van der Waals surface area contributed by atoms with Crippen LogP contribution in [-0.2, 0) is 14.2 Å². The SMILES string of the molecule is OCCOCCOCCOCCC(F)(F)C(F)(F)C(F)(F)C(F)(F)C(F)(F)C(F)(F)C(F)(F)C(F)(F)C(F)(F)C(F)(F)F. The summed E-state index contributed by atoms with van der Waals surface area (Å²) in [6, 6.07) is 0. The topological polar surface area (TPSA) is 47.9 Å². The highest BCUT2D eigenvalue weighted by Gasteiger charge is 2.97. The van der Waals surface area contributed by atoms with Crippen molar-refractivity contribution in [3.8, 4) is 0 Å². The molecule has 0 aromatic carbocycles. The third-order valence-corrected chi connectivity index (χ3v) is 5.12. The van der Waals surface area contributed by atoms with E-state index in [0.29, 0.717) is 0 Å². The molecule has 260 valence electrons. The Kier molecular flexibility index (Phi) is 12.5. The van der Waals surface area contributed by atoms with Crippen LogP contribution in [0.1, 0.15) is 6.42 Å². The molecule has 4 nitrogen and oxygen atoms in total. The summed E-state index contributed by atoms with van der Waals surface area (Å²) in [7, 11) is 0. The molecule has 0 atom stereocenters. The fraction of sp³-hybridized carbons (Fsp3) is 1.00. The van der Waals surface area contributed by atoms with Crippen LogP contribution in [-0.4, -0.2) is 111 Å². The molecule has 0 unspecified atom stereocenters. The van der Waals surface area contributed by atoms with Gasteiger partial charge in [-0.05, 0) is 0 Å². The molecule has 0 amide bonds. The Labute approximate surface area is 225 Å². The average molecular weight is 696 g/mol.